The van der Waals surface area contributed by atoms with Crippen LogP contribution in [-0.4, -0.2) is 70.7 Å². The van der Waals surface area contributed by atoms with Gasteiger partial charge in [0.15, 0.2) is 0 Å². The molecule has 6 nitrogen and oxygen atoms in total. The number of nitrogens with zero attached hydrogens (tertiary/aromatic N) is 3. The Morgan fingerprint density at radius 2 is 1.58 bits per heavy atom. The lowest BCUT2D eigenvalue weighted by Crippen LogP contribution is -2.52. The van der Waals surface area contributed by atoms with Crippen molar-refractivity contribution in [3.8, 4) is 0 Å². The number of alkyl halides is 3. The first-order valence-corrected chi connectivity index (χ1v) is 10.8. The number of carbonyl (C=O) groups is 3. The minimum absolute atomic E-state index is 0.107. The van der Waals surface area contributed by atoms with Gasteiger partial charge in [0.25, 0.3) is 5.91 Å². The van der Waals surface area contributed by atoms with Gasteiger partial charge >= 0.3 is 6.18 Å². The summed E-state index contributed by atoms with van der Waals surface area (Å²) in [5.41, 5.74) is -0.656. The molecule has 0 N–H and O–H groups in total. The van der Waals surface area contributed by atoms with E-state index < -0.39 is 23.7 Å². The summed E-state index contributed by atoms with van der Waals surface area (Å²) in [7, 11) is 0. The summed E-state index contributed by atoms with van der Waals surface area (Å²) >= 11 is 0. The summed E-state index contributed by atoms with van der Waals surface area (Å²) in [5.74, 6) is -0.333. The molecule has 9 heteroatoms. The molecule has 0 bridgehead atoms. The summed E-state index contributed by atoms with van der Waals surface area (Å²) in [6.07, 6.45) is -0.270. The summed E-state index contributed by atoms with van der Waals surface area (Å²) in [6.45, 7) is 2.29. The third-order valence-corrected chi connectivity index (χ3v) is 6.58. The Labute approximate surface area is 179 Å². The van der Waals surface area contributed by atoms with Crippen LogP contribution in [0.5, 0.6) is 0 Å². The molecular weight excluding hydrogens is 411 g/mol. The van der Waals surface area contributed by atoms with E-state index in [1.165, 1.54) is 17.0 Å². The third-order valence-electron chi connectivity index (χ3n) is 6.58. The summed E-state index contributed by atoms with van der Waals surface area (Å²) in [4.78, 5) is 43.2. The Morgan fingerprint density at radius 1 is 0.903 bits per heavy atom. The molecule has 168 valence electrons. The molecule has 0 spiro atoms. The average Bonchev–Trinajstić information content (AvgIpc) is 3.41. The minimum atomic E-state index is -4.46. The average molecular weight is 437 g/mol. The summed E-state index contributed by atoms with van der Waals surface area (Å²) in [5, 5.41) is 0. The Balaban J connectivity index is 1.38. The molecule has 1 aromatic carbocycles. The van der Waals surface area contributed by atoms with Crippen molar-refractivity contribution in [2.75, 3.05) is 26.2 Å². The molecule has 31 heavy (non-hydrogen) atoms. The normalized spacial score (nSPS) is 23.0. The van der Waals surface area contributed by atoms with Gasteiger partial charge in [-0.05, 0) is 56.4 Å². The smallest absolute Gasteiger partial charge is 0.341 e. The van der Waals surface area contributed by atoms with Gasteiger partial charge in [0.05, 0.1) is 5.56 Å². The molecule has 3 heterocycles. The van der Waals surface area contributed by atoms with Gasteiger partial charge in [-0.1, -0.05) is 0 Å². The first-order valence-electron chi connectivity index (χ1n) is 10.8. The van der Waals surface area contributed by atoms with Crippen LogP contribution in [-0.2, 0) is 15.8 Å². The molecule has 3 amide bonds. The van der Waals surface area contributed by atoms with E-state index in [4.69, 9.17) is 0 Å². The van der Waals surface area contributed by atoms with Crippen LogP contribution >= 0.6 is 0 Å². The van der Waals surface area contributed by atoms with Gasteiger partial charge in [0.2, 0.25) is 11.8 Å². The van der Waals surface area contributed by atoms with E-state index in [0.717, 1.165) is 37.9 Å². The zero-order valence-corrected chi connectivity index (χ0v) is 17.2. The van der Waals surface area contributed by atoms with Crippen LogP contribution < -0.4 is 0 Å². The number of halogens is 3. The topological polar surface area (TPSA) is 60.9 Å². The largest absolute Gasteiger partial charge is 0.416 e. The van der Waals surface area contributed by atoms with Crippen LogP contribution in [0.15, 0.2) is 24.3 Å². The zero-order chi connectivity index (χ0) is 22.2. The van der Waals surface area contributed by atoms with Crippen LogP contribution in [0.2, 0.25) is 0 Å². The number of piperidine rings is 1. The maximum absolute atomic E-state index is 13.1. The second-order valence-corrected chi connectivity index (χ2v) is 8.48. The van der Waals surface area contributed by atoms with Gasteiger partial charge in [0, 0.05) is 44.2 Å². The van der Waals surface area contributed by atoms with Crippen LogP contribution in [0.3, 0.4) is 0 Å². The van der Waals surface area contributed by atoms with Crippen molar-refractivity contribution >= 4 is 17.7 Å². The molecule has 1 unspecified atom stereocenters. The van der Waals surface area contributed by atoms with E-state index in [2.05, 4.69) is 0 Å². The Morgan fingerprint density at radius 3 is 2.16 bits per heavy atom. The third kappa shape index (κ3) is 4.41. The zero-order valence-electron chi connectivity index (χ0n) is 17.2. The molecule has 0 saturated carbocycles. The quantitative estimate of drug-likeness (QED) is 0.731. The van der Waals surface area contributed by atoms with Crippen molar-refractivity contribution in [3.63, 3.8) is 0 Å². The van der Waals surface area contributed by atoms with Crippen LogP contribution in [0.1, 0.15) is 54.4 Å². The SMILES string of the molecule is O=C(C1CCCN1C(=O)c1ccc(C(F)(F)F)cc1)N1CCC(N2CCCC2=O)CC1. The molecule has 3 aliphatic rings. The lowest BCUT2D eigenvalue weighted by atomic mass is 10.0. The second-order valence-electron chi connectivity index (χ2n) is 8.48. The van der Waals surface area contributed by atoms with Gasteiger partial charge in [-0.2, -0.15) is 13.2 Å². The van der Waals surface area contributed by atoms with Crippen LogP contribution in [0, 0.1) is 0 Å². The number of benzene rings is 1. The van der Waals surface area contributed by atoms with Crippen molar-refractivity contribution in [2.45, 2.75) is 56.8 Å². The maximum atomic E-state index is 13.1. The lowest BCUT2D eigenvalue weighted by Gasteiger charge is -2.38. The minimum Gasteiger partial charge on any atom is -0.341 e. The monoisotopic (exact) mass is 437 g/mol. The molecule has 4 rings (SSSR count). The molecular formula is C22H26F3N3O3. The standard InChI is InChI=1S/C22H26F3N3O3/c23-22(24,25)16-7-5-15(6-8-16)20(30)28-12-1-3-18(28)21(31)26-13-9-17(10-14-26)27-11-2-4-19(27)29/h5-8,17-18H,1-4,9-14H2. The molecule has 3 aliphatic heterocycles. The van der Waals surface area contributed by atoms with E-state index in [1.54, 1.807) is 4.90 Å². The number of carbonyl (C=O) groups excluding carboxylic acids is 3. The fourth-order valence-electron chi connectivity index (χ4n) is 4.90. The fourth-order valence-corrected chi connectivity index (χ4v) is 4.90. The molecule has 1 aromatic rings. The highest BCUT2D eigenvalue weighted by Gasteiger charge is 2.39. The molecule has 0 aromatic heterocycles. The first-order chi connectivity index (χ1) is 14.8. The molecule has 0 aliphatic carbocycles. The molecule has 1 atom stereocenters. The highest BCUT2D eigenvalue weighted by Crippen LogP contribution is 2.30. The van der Waals surface area contributed by atoms with Crippen molar-refractivity contribution in [3.05, 3.63) is 35.4 Å². The Hall–Kier alpha value is -2.58. The van der Waals surface area contributed by atoms with Crippen molar-refractivity contribution < 1.29 is 27.6 Å². The molecule has 3 saturated heterocycles. The highest BCUT2D eigenvalue weighted by atomic mass is 19.4. The summed E-state index contributed by atoms with van der Waals surface area (Å²) < 4.78 is 38.3. The van der Waals surface area contributed by atoms with Crippen molar-refractivity contribution in [2.24, 2.45) is 0 Å². The summed E-state index contributed by atoms with van der Waals surface area (Å²) in [6, 6.07) is 3.72. The van der Waals surface area contributed by atoms with Gasteiger partial charge in [0.1, 0.15) is 6.04 Å². The lowest BCUT2D eigenvalue weighted by molar-refractivity contribution is -0.138. The van der Waals surface area contributed by atoms with Gasteiger partial charge in [-0.15, -0.1) is 0 Å². The predicted octanol–water partition coefficient (Wildman–Crippen LogP) is 2.92. The Kier molecular flexibility index (Phi) is 5.94. The van der Waals surface area contributed by atoms with Crippen LogP contribution in [0.25, 0.3) is 0 Å². The number of hydrogen-bond acceptors (Lipinski definition) is 3. The number of hydrogen-bond donors (Lipinski definition) is 0. The maximum Gasteiger partial charge on any atom is 0.416 e. The van der Waals surface area contributed by atoms with E-state index in [9.17, 15) is 27.6 Å². The van der Waals surface area contributed by atoms with Crippen molar-refractivity contribution in [1.82, 2.24) is 14.7 Å². The number of amides is 3. The van der Waals surface area contributed by atoms with E-state index in [-0.39, 0.29) is 23.4 Å². The second kappa shape index (κ2) is 8.51. The van der Waals surface area contributed by atoms with Crippen molar-refractivity contribution in [1.29, 1.82) is 0 Å². The predicted molar refractivity (Wildman–Crippen MR) is 106 cm³/mol. The first kappa shape index (κ1) is 21.6. The van der Waals surface area contributed by atoms with Gasteiger partial charge in [-0.25, -0.2) is 0 Å². The van der Waals surface area contributed by atoms with Gasteiger partial charge < -0.3 is 14.7 Å². The Bertz CT molecular complexity index is 848. The fraction of sp³-hybridized carbons (Fsp3) is 0.591. The van der Waals surface area contributed by atoms with Gasteiger partial charge in [-0.3, -0.25) is 14.4 Å². The van der Waals surface area contributed by atoms with Crippen LogP contribution in [0.4, 0.5) is 13.2 Å². The van der Waals surface area contributed by atoms with E-state index in [0.29, 0.717) is 38.9 Å². The highest BCUT2D eigenvalue weighted by molar-refractivity contribution is 5.98. The molecule has 3 fully saturated rings. The van der Waals surface area contributed by atoms with E-state index >= 15 is 0 Å². The van der Waals surface area contributed by atoms with E-state index in [1.807, 2.05) is 4.90 Å². The number of likely N-dealkylation sites (tertiary alicyclic amines) is 3. The molecule has 0 radical (unpaired) electrons. The number of rotatable bonds is 3.